The third kappa shape index (κ3) is 4.86. The zero-order valence-electron chi connectivity index (χ0n) is 17.6. The third-order valence-corrected chi connectivity index (χ3v) is 6.90. The highest BCUT2D eigenvalue weighted by Crippen LogP contribution is 2.35. The van der Waals surface area contributed by atoms with Crippen molar-refractivity contribution in [3.63, 3.8) is 0 Å². The van der Waals surface area contributed by atoms with Gasteiger partial charge in [0.2, 0.25) is 15.9 Å². The van der Waals surface area contributed by atoms with Crippen LogP contribution in [0, 0.1) is 5.92 Å². The molecule has 0 aromatic heterocycles. The molecule has 30 heavy (non-hydrogen) atoms. The monoisotopic (exact) mass is 439 g/mol. The van der Waals surface area contributed by atoms with E-state index in [0.29, 0.717) is 55.2 Å². The lowest BCUT2D eigenvalue weighted by Crippen LogP contribution is -2.43. The summed E-state index contributed by atoms with van der Waals surface area (Å²) in [6.07, 6.45) is 4.24. The van der Waals surface area contributed by atoms with Crippen molar-refractivity contribution >= 4 is 27.5 Å². The smallest absolute Gasteiger partial charge is 0.256 e. The summed E-state index contributed by atoms with van der Waals surface area (Å²) in [7, 11) is -0.391. The first-order valence-corrected chi connectivity index (χ1v) is 11.9. The number of anilines is 1. The summed E-state index contributed by atoms with van der Waals surface area (Å²) in [6.45, 7) is 1.89. The number of hydrogen-bond acceptors (Lipinski definition) is 6. The molecule has 2 heterocycles. The Hall–Kier alpha value is -2.33. The molecule has 2 aliphatic heterocycles. The molecular weight excluding hydrogens is 410 g/mol. The molecule has 0 bridgehead atoms. The van der Waals surface area contributed by atoms with E-state index >= 15 is 0 Å². The number of carbonyl (C=O) groups excluding carboxylic acids is 2. The van der Waals surface area contributed by atoms with Crippen LogP contribution in [-0.2, 0) is 14.8 Å². The van der Waals surface area contributed by atoms with Crippen LogP contribution in [0.4, 0.5) is 5.69 Å². The Kier molecular flexibility index (Phi) is 6.87. The molecule has 1 unspecified atom stereocenters. The number of ether oxygens (including phenoxy) is 2. The molecule has 0 spiro atoms. The van der Waals surface area contributed by atoms with E-state index in [4.69, 9.17) is 9.47 Å². The fourth-order valence-corrected chi connectivity index (χ4v) is 4.85. The molecule has 166 valence electrons. The lowest BCUT2D eigenvalue weighted by atomic mass is 9.98. The first-order valence-electron chi connectivity index (χ1n) is 10.1. The zero-order valence-corrected chi connectivity index (χ0v) is 18.5. The SMILES string of the molecule is COc1cc(NC(=O)C2CCCN(S(C)(=O)=O)C2)c(C(=O)N2CCCC2)cc1OC. The highest BCUT2D eigenvalue weighted by molar-refractivity contribution is 7.88. The number of hydrogen-bond donors (Lipinski definition) is 1. The van der Waals surface area contributed by atoms with Crippen molar-refractivity contribution in [3.05, 3.63) is 17.7 Å². The van der Waals surface area contributed by atoms with Gasteiger partial charge in [-0.25, -0.2) is 12.7 Å². The van der Waals surface area contributed by atoms with Gasteiger partial charge in [0.05, 0.1) is 37.6 Å². The van der Waals surface area contributed by atoms with Gasteiger partial charge in [0.1, 0.15) is 0 Å². The van der Waals surface area contributed by atoms with Crippen LogP contribution in [0.25, 0.3) is 0 Å². The zero-order chi connectivity index (χ0) is 21.9. The number of amides is 2. The number of sulfonamides is 1. The van der Waals surface area contributed by atoms with Gasteiger partial charge in [-0.3, -0.25) is 9.59 Å². The molecule has 2 fully saturated rings. The Morgan fingerprint density at radius 3 is 2.27 bits per heavy atom. The first-order chi connectivity index (χ1) is 14.2. The average molecular weight is 440 g/mol. The summed E-state index contributed by atoms with van der Waals surface area (Å²) < 4.78 is 35.7. The quantitative estimate of drug-likeness (QED) is 0.721. The molecular formula is C20H29N3O6S. The summed E-state index contributed by atoms with van der Waals surface area (Å²) in [5.74, 6) is -0.182. The molecule has 0 aliphatic carbocycles. The minimum absolute atomic E-state index is 0.132. The molecule has 10 heteroatoms. The third-order valence-electron chi connectivity index (χ3n) is 5.63. The van der Waals surface area contributed by atoms with Crippen LogP contribution in [0.15, 0.2) is 12.1 Å². The van der Waals surface area contributed by atoms with Crippen molar-refractivity contribution in [3.8, 4) is 11.5 Å². The maximum Gasteiger partial charge on any atom is 0.256 e. The fraction of sp³-hybridized carbons (Fsp3) is 0.600. The summed E-state index contributed by atoms with van der Waals surface area (Å²) in [5, 5.41) is 2.84. The maximum atomic E-state index is 13.1. The highest BCUT2D eigenvalue weighted by atomic mass is 32.2. The van der Waals surface area contributed by atoms with E-state index in [1.54, 1.807) is 17.0 Å². The lowest BCUT2D eigenvalue weighted by Gasteiger charge is -2.30. The van der Waals surface area contributed by atoms with Gasteiger partial charge in [-0.2, -0.15) is 0 Å². The molecule has 0 radical (unpaired) electrons. The van der Waals surface area contributed by atoms with Crippen LogP contribution in [-0.4, -0.2) is 76.1 Å². The van der Waals surface area contributed by atoms with Gasteiger partial charge in [-0.15, -0.1) is 0 Å². The Morgan fingerprint density at radius 1 is 1.03 bits per heavy atom. The molecule has 2 saturated heterocycles. The molecule has 1 aromatic rings. The van der Waals surface area contributed by atoms with E-state index in [0.717, 1.165) is 19.1 Å². The minimum Gasteiger partial charge on any atom is -0.493 e. The average Bonchev–Trinajstić information content (AvgIpc) is 3.27. The summed E-state index contributed by atoms with van der Waals surface area (Å²) in [4.78, 5) is 27.8. The number of nitrogens with one attached hydrogen (secondary N) is 1. The number of carbonyl (C=O) groups is 2. The van der Waals surface area contributed by atoms with Gasteiger partial charge in [-0.05, 0) is 31.7 Å². The van der Waals surface area contributed by atoms with Crippen LogP contribution in [0.2, 0.25) is 0 Å². The second kappa shape index (κ2) is 9.22. The number of piperidine rings is 1. The van der Waals surface area contributed by atoms with E-state index in [2.05, 4.69) is 5.32 Å². The first kappa shape index (κ1) is 22.4. The molecule has 1 atom stereocenters. The van der Waals surface area contributed by atoms with Crippen LogP contribution >= 0.6 is 0 Å². The van der Waals surface area contributed by atoms with Gasteiger partial charge >= 0.3 is 0 Å². The molecule has 2 aliphatic rings. The number of benzene rings is 1. The van der Waals surface area contributed by atoms with Gasteiger partial charge in [-0.1, -0.05) is 0 Å². The minimum atomic E-state index is -3.36. The van der Waals surface area contributed by atoms with Crippen molar-refractivity contribution in [1.82, 2.24) is 9.21 Å². The largest absolute Gasteiger partial charge is 0.493 e. The molecule has 0 saturated carbocycles. The number of nitrogens with zero attached hydrogens (tertiary/aromatic N) is 2. The van der Waals surface area contributed by atoms with Gasteiger partial charge in [0.25, 0.3) is 5.91 Å². The van der Waals surface area contributed by atoms with E-state index < -0.39 is 15.9 Å². The number of likely N-dealkylation sites (tertiary alicyclic amines) is 1. The van der Waals surface area contributed by atoms with Crippen LogP contribution in [0.5, 0.6) is 11.5 Å². The van der Waals surface area contributed by atoms with E-state index in [9.17, 15) is 18.0 Å². The Labute approximate surface area is 177 Å². The Balaban J connectivity index is 1.87. The second-order valence-corrected chi connectivity index (χ2v) is 9.68. The molecule has 2 amide bonds. The van der Waals surface area contributed by atoms with Gasteiger partial charge in [0.15, 0.2) is 11.5 Å². The van der Waals surface area contributed by atoms with Crippen molar-refractivity contribution < 1.29 is 27.5 Å². The summed E-state index contributed by atoms with van der Waals surface area (Å²) >= 11 is 0. The standard InChI is InChI=1S/C20H29N3O6S/c1-28-17-11-15(20(25)22-8-4-5-9-22)16(12-18(17)29-2)21-19(24)14-7-6-10-23(13-14)30(3,26)27/h11-12,14H,4-10,13H2,1-3H3,(H,21,24). The summed E-state index contributed by atoms with van der Waals surface area (Å²) in [5.41, 5.74) is 0.671. The lowest BCUT2D eigenvalue weighted by molar-refractivity contribution is -0.120. The van der Waals surface area contributed by atoms with Crippen LogP contribution in [0.1, 0.15) is 36.0 Å². The Bertz CT molecular complexity index is 911. The van der Waals surface area contributed by atoms with Crippen LogP contribution in [0.3, 0.4) is 0 Å². The molecule has 1 N–H and O–H groups in total. The number of rotatable bonds is 6. The number of methoxy groups -OCH3 is 2. The van der Waals surface area contributed by atoms with Gasteiger partial charge in [0, 0.05) is 32.2 Å². The fourth-order valence-electron chi connectivity index (χ4n) is 3.94. The van der Waals surface area contributed by atoms with Crippen molar-refractivity contribution in [2.45, 2.75) is 25.7 Å². The van der Waals surface area contributed by atoms with E-state index in [1.807, 2.05) is 0 Å². The maximum absolute atomic E-state index is 13.1. The predicted octanol–water partition coefficient (Wildman–Crippen LogP) is 1.55. The highest BCUT2D eigenvalue weighted by Gasteiger charge is 2.31. The molecule has 9 nitrogen and oxygen atoms in total. The van der Waals surface area contributed by atoms with Crippen molar-refractivity contribution in [2.24, 2.45) is 5.92 Å². The molecule has 1 aromatic carbocycles. The van der Waals surface area contributed by atoms with E-state index in [1.165, 1.54) is 18.5 Å². The normalized spacial score (nSPS) is 20.1. The summed E-state index contributed by atoms with van der Waals surface area (Å²) in [6, 6.07) is 3.16. The topological polar surface area (TPSA) is 105 Å². The Morgan fingerprint density at radius 2 is 1.67 bits per heavy atom. The van der Waals surface area contributed by atoms with Crippen LogP contribution < -0.4 is 14.8 Å². The van der Waals surface area contributed by atoms with E-state index in [-0.39, 0.29) is 18.4 Å². The van der Waals surface area contributed by atoms with Crippen molar-refractivity contribution in [1.29, 1.82) is 0 Å². The predicted molar refractivity (Wildman–Crippen MR) is 112 cm³/mol. The second-order valence-electron chi connectivity index (χ2n) is 7.70. The van der Waals surface area contributed by atoms with Crippen molar-refractivity contribution in [2.75, 3.05) is 52.0 Å². The van der Waals surface area contributed by atoms with Gasteiger partial charge < -0.3 is 19.7 Å². The molecule has 3 rings (SSSR count).